The van der Waals surface area contributed by atoms with Gasteiger partial charge in [-0.25, -0.2) is 0 Å². The second-order valence-corrected chi connectivity index (χ2v) is 5.27. The first kappa shape index (κ1) is 6.01. The lowest BCUT2D eigenvalue weighted by atomic mass is 9.75. The predicted octanol–water partition coefficient (Wildman–Crippen LogP) is 1.73. The summed E-state index contributed by atoms with van der Waals surface area (Å²) in [6.07, 6.45) is 7.47. The van der Waals surface area contributed by atoms with E-state index in [-0.39, 0.29) is 0 Å². The Morgan fingerprint density at radius 2 is 1.83 bits per heavy atom. The van der Waals surface area contributed by atoms with Gasteiger partial charge in [0.25, 0.3) is 0 Å². The van der Waals surface area contributed by atoms with Crippen molar-refractivity contribution in [3.8, 4) is 0 Å². The average Bonchev–Trinajstić information content (AvgIpc) is 2.78. The van der Waals surface area contributed by atoms with Gasteiger partial charge in [0, 0.05) is 5.41 Å². The highest BCUT2D eigenvalue weighted by Crippen LogP contribution is 2.66. The molecular formula is C10H14N2. The van der Waals surface area contributed by atoms with Crippen LogP contribution in [0.15, 0.2) is 5.10 Å². The maximum Gasteiger partial charge on any atom is 0.149 e. The molecule has 0 aromatic heterocycles. The summed E-state index contributed by atoms with van der Waals surface area (Å²) in [6, 6.07) is 0. The van der Waals surface area contributed by atoms with E-state index < -0.39 is 0 Å². The zero-order valence-corrected chi connectivity index (χ0v) is 7.21. The van der Waals surface area contributed by atoms with E-state index in [0.717, 1.165) is 17.8 Å². The second kappa shape index (κ2) is 1.57. The van der Waals surface area contributed by atoms with Crippen molar-refractivity contribution >= 4 is 5.84 Å². The Kier molecular flexibility index (Phi) is 0.785. The number of rotatable bonds is 1. The Morgan fingerprint density at radius 3 is 2.42 bits per heavy atom. The number of amidine groups is 1. The summed E-state index contributed by atoms with van der Waals surface area (Å²) in [5.41, 5.74) is 3.70. The molecule has 2 atom stereocenters. The molecule has 5 rings (SSSR count). The summed E-state index contributed by atoms with van der Waals surface area (Å²) >= 11 is 0. The number of hydrazone groups is 1. The van der Waals surface area contributed by atoms with Crippen molar-refractivity contribution < 1.29 is 0 Å². The van der Waals surface area contributed by atoms with Crippen molar-refractivity contribution in [3.63, 3.8) is 0 Å². The molecule has 0 amide bonds. The second-order valence-electron chi connectivity index (χ2n) is 5.27. The zero-order chi connectivity index (χ0) is 7.76. The Morgan fingerprint density at radius 1 is 1.17 bits per heavy atom. The van der Waals surface area contributed by atoms with Gasteiger partial charge in [0.2, 0.25) is 0 Å². The first-order valence-electron chi connectivity index (χ1n) is 5.21. The van der Waals surface area contributed by atoms with Gasteiger partial charge >= 0.3 is 0 Å². The van der Waals surface area contributed by atoms with Gasteiger partial charge < -0.3 is 0 Å². The van der Waals surface area contributed by atoms with E-state index in [1.165, 1.54) is 37.9 Å². The third kappa shape index (κ3) is 0.511. The maximum atomic E-state index is 4.24. The summed E-state index contributed by atoms with van der Waals surface area (Å²) in [5.74, 6) is 4.51. The van der Waals surface area contributed by atoms with E-state index in [9.17, 15) is 0 Å². The lowest BCUT2D eigenvalue weighted by molar-refractivity contribution is 0.264. The van der Waals surface area contributed by atoms with E-state index in [4.69, 9.17) is 0 Å². The van der Waals surface area contributed by atoms with Gasteiger partial charge in [0.05, 0.1) is 0 Å². The molecule has 4 bridgehead atoms. The van der Waals surface area contributed by atoms with Gasteiger partial charge in [-0.3, -0.25) is 5.43 Å². The molecule has 64 valence electrons. The Hall–Kier alpha value is -0.530. The SMILES string of the molecule is C1C2CC3CC1CC3(C1=NN1)C2. The summed E-state index contributed by atoms with van der Waals surface area (Å²) in [6.45, 7) is 0. The monoisotopic (exact) mass is 162 g/mol. The molecule has 1 heterocycles. The van der Waals surface area contributed by atoms with E-state index >= 15 is 0 Å². The van der Waals surface area contributed by atoms with Crippen LogP contribution in [0.4, 0.5) is 0 Å². The zero-order valence-electron chi connectivity index (χ0n) is 7.21. The minimum atomic E-state index is 0.577. The van der Waals surface area contributed by atoms with Crippen LogP contribution in [-0.4, -0.2) is 5.84 Å². The minimum absolute atomic E-state index is 0.577. The molecule has 0 spiro atoms. The van der Waals surface area contributed by atoms with Crippen LogP contribution in [0.25, 0.3) is 0 Å². The first-order valence-corrected chi connectivity index (χ1v) is 5.21. The quantitative estimate of drug-likeness (QED) is 0.626. The molecule has 2 heteroatoms. The Bertz CT molecular complexity index is 268. The van der Waals surface area contributed by atoms with Crippen molar-refractivity contribution in [1.82, 2.24) is 5.43 Å². The van der Waals surface area contributed by atoms with Gasteiger partial charge in [-0.05, 0) is 49.9 Å². The molecule has 2 unspecified atom stereocenters. The molecule has 4 fully saturated rings. The van der Waals surface area contributed by atoms with Crippen LogP contribution in [0.3, 0.4) is 0 Å². The van der Waals surface area contributed by atoms with Gasteiger partial charge in [0.1, 0.15) is 5.84 Å². The third-order valence-electron chi connectivity index (χ3n) is 4.68. The van der Waals surface area contributed by atoms with E-state index in [1.807, 2.05) is 0 Å². The van der Waals surface area contributed by atoms with E-state index in [0.29, 0.717) is 5.41 Å². The summed E-state index contributed by atoms with van der Waals surface area (Å²) < 4.78 is 0. The third-order valence-corrected chi connectivity index (χ3v) is 4.68. The van der Waals surface area contributed by atoms with Crippen LogP contribution in [0, 0.1) is 23.2 Å². The maximum absolute atomic E-state index is 4.24. The summed E-state index contributed by atoms with van der Waals surface area (Å²) in [7, 11) is 0. The van der Waals surface area contributed by atoms with Crippen LogP contribution >= 0.6 is 0 Å². The van der Waals surface area contributed by atoms with Crippen LogP contribution in [0.1, 0.15) is 32.1 Å². The normalized spacial score (nSPS) is 58.7. The van der Waals surface area contributed by atoms with E-state index in [2.05, 4.69) is 10.5 Å². The van der Waals surface area contributed by atoms with Crippen molar-refractivity contribution in [3.05, 3.63) is 0 Å². The molecule has 0 saturated heterocycles. The van der Waals surface area contributed by atoms with Crippen LogP contribution in [0.5, 0.6) is 0 Å². The Labute approximate surface area is 72.4 Å². The first-order chi connectivity index (χ1) is 5.87. The van der Waals surface area contributed by atoms with Gasteiger partial charge in [-0.2, -0.15) is 5.10 Å². The molecule has 1 N–H and O–H groups in total. The lowest BCUT2D eigenvalue weighted by Gasteiger charge is -2.28. The van der Waals surface area contributed by atoms with Crippen molar-refractivity contribution in [2.45, 2.75) is 32.1 Å². The Balaban J connectivity index is 1.84. The molecule has 2 nitrogen and oxygen atoms in total. The fourth-order valence-corrected chi connectivity index (χ4v) is 4.43. The standard InChI is InChI=1S/C10H14N2/c1-6-2-8-3-7(1)5-10(8,4-6)9-11-12-9/h6-8H,1-5H2,(H,11,12). The summed E-state index contributed by atoms with van der Waals surface area (Å²) in [4.78, 5) is 0. The number of hydrogen-bond donors (Lipinski definition) is 1. The average molecular weight is 162 g/mol. The van der Waals surface area contributed by atoms with Gasteiger partial charge in [-0.15, -0.1) is 0 Å². The number of nitrogens with one attached hydrogen (secondary N) is 1. The highest BCUT2D eigenvalue weighted by Gasteiger charge is 2.61. The lowest BCUT2D eigenvalue weighted by Crippen LogP contribution is -2.30. The molecule has 1 aliphatic heterocycles. The molecule has 0 aromatic rings. The van der Waals surface area contributed by atoms with Crippen LogP contribution < -0.4 is 5.43 Å². The van der Waals surface area contributed by atoms with E-state index in [1.54, 1.807) is 0 Å². The molecule has 5 aliphatic rings. The fraction of sp³-hybridized carbons (Fsp3) is 0.900. The highest BCUT2D eigenvalue weighted by atomic mass is 15.5. The fourth-order valence-electron chi connectivity index (χ4n) is 4.43. The highest BCUT2D eigenvalue weighted by molar-refractivity contribution is 5.96. The van der Waals surface area contributed by atoms with Crippen molar-refractivity contribution in [2.24, 2.45) is 28.3 Å². The molecule has 0 radical (unpaired) electrons. The number of nitrogens with zero attached hydrogens (tertiary/aromatic N) is 1. The molecule has 12 heavy (non-hydrogen) atoms. The van der Waals surface area contributed by atoms with Gasteiger partial charge in [0.15, 0.2) is 0 Å². The largest absolute Gasteiger partial charge is 0.261 e. The topological polar surface area (TPSA) is 34.3 Å². The molecule has 4 saturated carbocycles. The van der Waals surface area contributed by atoms with Crippen LogP contribution in [-0.2, 0) is 0 Å². The molecule has 4 aliphatic carbocycles. The molecule has 0 aromatic carbocycles. The van der Waals surface area contributed by atoms with Crippen molar-refractivity contribution in [1.29, 1.82) is 0 Å². The van der Waals surface area contributed by atoms with Crippen molar-refractivity contribution in [2.75, 3.05) is 0 Å². The van der Waals surface area contributed by atoms with Crippen LogP contribution in [0.2, 0.25) is 0 Å². The summed E-state index contributed by atoms with van der Waals surface area (Å²) in [5, 5.41) is 4.24. The predicted molar refractivity (Wildman–Crippen MR) is 46.6 cm³/mol. The minimum Gasteiger partial charge on any atom is -0.261 e. The number of hydrogen-bond acceptors (Lipinski definition) is 2. The smallest absolute Gasteiger partial charge is 0.149 e. The van der Waals surface area contributed by atoms with Gasteiger partial charge in [-0.1, -0.05) is 0 Å². The molecular weight excluding hydrogens is 148 g/mol.